The highest BCUT2D eigenvalue weighted by molar-refractivity contribution is 7.99. The fraction of sp³-hybridized carbons (Fsp3) is 0.462. The molecule has 0 aliphatic carbocycles. The average molecular weight is 233 g/mol. The van der Waals surface area contributed by atoms with Gasteiger partial charge in [0.1, 0.15) is 0 Å². The number of hydrogen-bond donors (Lipinski definition) is 1. The van der Waals surface area contributed by atoms with E-state index in [2.05, 4.69) is 4.85 Å². The van der Waals surface area contributed by atoms with Crippen molar-refractivity contribution in [2.24, 2.45) is 5.92 Å². The molecule has 1 unspecified atom stereocenters. The SMILES string of the molecule is [C-]#[N+]c1cccc(C(O)C2CCSCC2)c1. The number of aliphatic hydroxyl groups excluding tert-OH is 1. The van der Waals surface area contributed by atoms with Crippen LogP contribution in [0.15, 0.2) is 24.3 Å². The van der Waals surface area contributed by atoms with Crippen LogP contribution in [0.4, 0.5) is 5.69 Å². The molecule has 1 aromatic rings. The smallest absolute Gasteiger partial charge is 0.187 e. The van der Waals surface area contributed by atoms with Crippen molar-refractivity contribution in [3.8, 4) is 0 Å². The van der Waals surface area contributed by atoms with Crippen molar-refractivity contribution in [1.82, 2.24) is 0 Å². The highest BCUT2D eigenvalue weighted by Gasteiger charge is 2.23. The molecule has 0 amide bonds. The van der Waals surface area contributed by atoms with Gasteiger partial charge in [0.25, 0.3) is 0 Å². The molecule has 0 spiro atoms. The summed E-state index contributed by atoms with van der Waals surface area (Å²) >= 11 is 1.96. The highest BCUT2D eigenvalue weighted by Crippen LogP contribution is 2.34. The summed E-state index contributed by atoms with van der Waals surface area (Å²) in [5.41, 5.74) is 1.51. The highest BCUT2D eigenvalue weighted by atomic mass is 32.2. The topological polar surface area (TPSA) is 24.6 Å². The lowest BCUT2D eigenvalue weighted by atomic mass is 9.91. The Kier molecular flexibility index (Phi) is 3.87. The number of benzene rings is 1. The van der Waals surface area contributed by atoms with Gasteiger partial charge < -0.3 is 5.11 Å². The number of hydrogen-bond acceptors (Lipinski definition) is 2. The third-order valence-corrected chi connectivity index (χ3v) is 4.10. The molecule has 0 radical (unpaired) electrons. The molecule has 0 bridgehead atoms. The maximum Gasteiger partial charge on any atom is 0.187 e. The Morgan fingerprint density at radius 1 is 1.38 bits per heavy atom. The Morgan fingerprint density at radius 2 is 2.12 bits per heavy atom. The van der Waals surface area contributed by atoms with Gasteiger partial charge in [0.15, 0.2) is 5.69 Å². The van der Waals surface area contributed by atoms with Gasteiger partial charge in [0.05, 0.1) is 12.7 Å². The molecule has 1 N–H and O–H groups in total. The van der Waals surface area contributed by atoms with E-state index in [4.69, 9.17) is 6.57 Å². The van der Waals surface area contributed by atoms with E-state index in [1.54, 1.807) is 12.1 Å². The van der Waals surface area contributed by atoms with Crippen molar-refractivity contribution in [3.05, 3.63) is 41.2 Å². The van der Waals surface area contributed by atoms with Crippen molar-refractivity contribution in [2.45, 2.75) is 18.9 Å². The monoisotopic (exact) mass is 233 g/mol. The minimum atomic E-state index is -0.400. The van der Waals surface area contributed by atoms with E-state index in [-0.39, 0.29) is 0 Å². The number of rotatable bonds is 2. The molecule has 1 aromatic carbocycles. The first-order valence-corrected chi connectivity index (χ1v) is 6.70. The Balaban J connectivity index is 2.13. The van der Waals surface area contributed by atoms with Crippen LogP contribution in [0.3, 0.4) is 0 Å². The molecule has 0 saturated carbocycles. The average Bonchev–Trinajstić information content (AvgIpc) is 2.39. The summed E-state index contributed by atoms with van der Waals surface area (Å²) in [6, 6.07) is 7.35. The quantitative estimate of drug-likeness (QED) is 0.792. The molecule has 3 heteroatoms. The zero-order chi connectivity index (χ0) is 11.4. The lowest BCUT2D eigenvalue weighted by Crippen LogP contribution is -2.18. The first-order chi connectivity index (χ1) is 7.81. The molecule has 84 valence electrons. The molecule has 1 saturated heterocycles. The Labute approximate surface area is 101 Å². The van der Waals surface area contributed by atoms with Crippen LogP contribution in [0.5, 0.6) is 0 Å². The maximum atomic E-state index is 10.3. The second-order valence-corrected chi connectivity index (χ2v) is 5.33. The van der Waals surface area contributed by atoms with Crippen LogP contribution in [0.1, 0.15) is 24.5 Å². The van der Waals surface area contributed by atoms with Crippen LogP contribution in [-0.4, -0.2) is 16.6 Å². The predicted octanol–water partition coefficient (Wildman–Crippen LogP) is 3.41. The fourth-order valence-electron chi connectivity index (χ4n) is 2.08. The standard InChI is InChI=1S/C13H15NOS/c1-14-12-4-2-3-11(9-12)13(15)10-5-7-16-8-6-10/h2-4,9-10,13,15H,5-8H2. The van der Waals surface area contributed by atoms with Gasteiger partial charge in [0, 0.05) is 0 Å². The molecule has 2 nitrogen and oxygen atoms in total. The van der Waals surface area contributed by atoms with Gasteiger partial charge in [-0.1, -0.05) is 24.3 Å². The summed E-state index contributed by atoms with van der Waals surface area (Å²) in [5.74, 6) is 2.65. The van der Waals surface area contributed by atoms with Crippen molar-refractivity contribution in [2.75, 3.05) is 11.5 Å². The molecule has 1 fully saturated rings. The van der Waals surface area contributed by atoms with E-state index in [9.17, 15) is 5.11 Å². The van der Waals surface area contributed by atoms with Crippen LogP contribution in [0.25, 0.3) is 4.85 Å². The third-order valence-electron chi connectivity index (χ3n) is 3.05. The van der Waals surface area contributed by atoms with Gasteiger partial charge in [-0.05, 0) is 35.8 Å². The minimum Gasteiger partial charge on any atom is -0.388 e. The van der Waals surface area contributed by atoms with E-state index in [0.717, 1.165) is 29.9 Å². The van der Waals surface area contributed by atoms with Gasteiger partial charge >= 0.3 is 0 Å². The van der Waals surface area contributed by atoms with E-state index in [1.807, 2.05) is 23.9 Å². The summed E-state index contributed by atoms with van der Waals surface area (Å²) in [4.78, 5) is 3.39. The first-order valence-electron chi connectivity index (χ1n) is 5.54. The molecular formula is C13H15NOS. The Hall–Kier alpha value is -0.980. The zero-order valence-electron chi connectivity index (χ0n) is 9.10. The van der Waals surface area contributed by atoms with Gasteiger partial charge in [-0.3, -0.25) is 0 Å². The molecular weight excluding hydrogens is 218 g/mol. The lowest BCUT2D eigenvalue weighted by Gasteiger charge is -2.26. The molecule has 1 atom stereocenters. The second kappa shape index (κ2) is 5.38. The molecule has 1 heterocycles. The van der Waals surface area contributed by atoms with E-state index < -0.39 is 6.10 Å². The lowest BCUT2D eigenvalue weighted by molar-refractivity contribution is 0.103. The van der Waals surface area contributed by atoms with Gasteiger partial charge in [-0.2, -0.15) is 11.8 Å². The first kappa shape index (κ1) is 11.5. The van der Waals surface area contributed by atoms with Crippen LogP contribution in [-0.2, 0) is 0 Å². The molecule has 1 aliphatic rings. The summed E-state index contributed by atoms with van der Waals surface area (Å²) < 4.78 is 0. The van der Waals surface area contributed by atoms with Crippen molar-refractivity contribution < 1.29 is 5.11 Å². The summed E-state index contributed by atoms with van der Waals surface area (Å²) in [7, 11) is 0. The van der Waals surface area contributed by atoms with Crippen molar-refractivity contribution in [1.29, 1.82) is 0 Å². The maximum absolute atomic E-state index is 10.3. The van der Waals surface area contributed by atoms with Gasteiger partial charge in [-0.25, -0.2) is 4.85 Å². The van der Waals surface area contributed by atoms with Crippen LogP contribution in [0.2, 0.25) is 0 Å². The Bertz CT molecular complexity index is 393. The summed E-state index contributed by atoms with van der Waals surface area (Å²) in [6.07, 6.45) is 1.75. The van der Waals surface area contributed by atoms with Crippen molar-refractivity contribution in [3.63, 3.8) is 0 Å². The summed E-state index contributed by atoms with van der Waals surface area (Å²) in [6.45, 7) is 6.97. The number of nitrogens with zero attached hydrogens (tertiary/aromatic N) is 1. The fourth-order valence-corrected chi connectivity index (χ4v) is 3.22. The number of aliphatic hydroxyl groups is 1. The molecule has 16 heavy (non-hydrogen) atoms. The van der Waals surface area contributed by atoms with E-state index in [0.29, 0.717) is 11.6 Å². The zero-order valence-corrected chi connectivity index (χ0v) is 9.91. The predicted molar refractivity (Wildman–Crippen MR) is 67.7 cm³/mol. The molecule has 0 aromatic heterocycles. The van der Waals surface area contributed by atoms with E-state index in [1.165, 1.54) is 0 Å². The van der Waals surface area contributed by atoms with E-state index >= 15 is 0 Å². The molecule has 1 aliphatic heterocycles. The molecule has 2 rings (SSSR count). The van der Waals surface area contributed by atoms with Crippen LogP contribution >= 0.6 is 11.8 Å². The summed E-state index contributed by atoms with van der Waals surface area (Å²) in [5, 5.41) is 10.3. The number of thioether (sulfide) groups is 1. The van der Waals surface area contributed by atoms with Crippen LogP contribution in [0, 0.1) is 12.5 Å². The normalized spacial score (nSPS) is 19.0. The van der Waals surface area contributed by atoms with Crippen molar-refractivity contribution >= 4 is 17.4 Å². The minimum absolute atomic E-state index is 0.363. The third kappa shape index (κ3) is 2.58. The Morgan fingerprint density at radius 3 is 2.81 bits per heavy atom. The van der Waals surface area contributed by atoms with Gasteiger partial charge in [0.2, 0.25) is 0 Å². The van der Waals surface area contributed by atoms with Crippen LogP contribution < -0.4 is 0 Å². The second-order valence-electron chi connectivity index (χ2n) is 4.10. The largest absolute Gasteiger partial charge is 0.388 e. The van der Waals surface area contributed by atoms with Gasteiger partial charge in [-0.15, -0.1) is 0 Å².